The highest BCUT2D eigenvalue weighted by Gasteiger charge is 2.14. The van der Waals surface area contributed by atoms with Crippen molar-refractivity contribution in [2.24, 2.45) is 5.10 Å². The zero-order valence-electron chi connectivity index (χ0n) is 15.6. The lowest BCUT2D eigenvalue weighted by Gasteiger charge is -2.10. The van der Waals surface area contributed by atoms with Gasteiger partial charge in [-0.2, -0.15) is 5.10 Å². The van der Waals surface area contributed by atoms with Crippen LogP contribution in [0.3, 0.4) is 0 Å². The molecule has 3 rings (SSSR count). The fourth-order valence-corrected chi connectivity index (χ4v) is 2.66. The van der Waals surface area contributed by atoms with Crippen LogP contribution in [-0.4, -0.2) is 30.2 Å². The van der Waals surface area contributed by atoms with E-state index in [4.69, 9.17) is 32.7 Å². The molecule has 0 atom stereocenters. The van der Waals surface area contributed by atoms with E-state index in [1.807, 2.05) is 0 Å². The number of methoxy groups -OCH3 is 1. The Bertz CT molecular complexity index is 1100. The van der Waals surface area contributed by atoms with Gasteiger partial charge in [0, 0.05) is 12.4 Å². The summed E-state index contributed by atoms with van der Waals surface area (Å²) < 4.78 is 10.7. The van der Waals surface area contributed by atoms with Gasteiger partial charge in [-0.15, -0.1) is 0 Å². The Balaban J connectivity index is 1.69. The van der Waals surface area contributed by atoms with Gasteiger partial charge >= 0.3 is 5.97 Å². The van der Waals surface area contributed by atoms with Crippen LogP contribution in [0, 0.1) is 0 Å². The predicted molar refractivity (Wildman–Crippen MR) is 114 cm³/mol. The number of hydrogen-bond acceptors (Lipinski definition) is 6. The van der Waals surface area contributed by atoms with Gasteiger partial charge in [-0.25, -0.2) is 10.2 Å². The van der Waals surface area contributed by atoms with E-state index >= 15 is 0 Å². The number of halogens is 2. The van der Waals surface area contributed by atoms with Crippen LogP contribution in [-0.2, 0) is 0 Å². The summed E-state index contributed by atoms with van der Waals surface area (Å²) in [4.78, 5) is 28.2. The number of amides is 1. The second-order valence-electron chi connectivity index (χ2n) is 5.87. The molecule has 7 nitrogen and oxygen atoms in total. The van der Waals surface area contributed by atoms with Gasteiger partial charge in [0.05, 0.1) is 34.5 Å². The number of benzene rings is 2. The second-order valence-corrected chi connectivity index (χ2v) is 6.68. The zero-order chi connectivity index (χ0) is 21.5. The Morgan fingerprint density at radius 2 is 1.87 bits per heavy atom. The molecule has 3 aromatic rings. The third-order valence-electron chi connectivity index (χ3n) is 3.85. The van der Waals surface area contributed by atoms with E-state index < -0.39 is 11.9 Å². The molecular weight excluding hydrogens is 429 g/mol. The van der Waals surface area contributed by atoms with Crippen LogP contribution in [0.15, 0.2) is 66.0 Å². The molecule has 1 aromatic heterocycles. The highest BCUT2D eigenvalue weighted by molar-refractivity contribution is 6.42. The largest absolute Gasteiger partial charge is 0.493 e. The Hall–Kier alpha value is -3.42. The third kappa shape index (κ3) is 5.34. The average molecular weight is 444 g/mol. The minimum Gasteiger partial charge on any atom is -0.493 e. The Morgan fingerprint density at radius 3 is 2.57 bits per heavy atom. The molecule has 0 bridgehead atoms. The molecule has 1 heterocycles. The SMILES string of the molecule is COc1cc(C=NNC(=O)c2cccnc2)ccc1OC(=O)c1ccc(Cl)c(Cl)c1. The fraction of sp³-hybridized carbons (Fsp3) is 0.0476. The number of carbonyl (C=O) groups is 2. The molecule has 0 saturated heterocycles. The van der Waals surface area contributed by atoms with Crippen molar-refractivity contribution in [1.29, 1.82) is 0 Å². The highest BCUT2D eigenvalue weighted by atomic mass is 35.5. The zero-order valence-corrected chi connectivity index (χ0v) is 17.1. The lowest BCUT2D eigenvalue weighted by Crippen LogP contribution is -2.17. The summed E-state index contributed by atoms with van der Waals surface area (Å²) in [5.74, 6) is -0.480. The van der Waals surface area contributed by atoms with Crippen LogP contribution in [0.5, 0.6) is 11.5 Å². The molecule has 0 aliphatic carbocycles. The summed E-state index contributed by atoms with van der Waals surface area (Å²) in [6.07, 6.45) is 4.44. The van der Waals surface area contributed by atoms with Crippen LogP contribution in [0.1, 0.15) is 26.3 Å². The maximum Gasteiger partial charge on any atom is 0.343 e. The fourth-order valence-electron chi connectivity index (χ4n) is 2.36. The topological polar surface area (TPSA) is 89.9 Å². The Morgan fingerprint density at radius 1 is 1.03 bits per heavy atom. The van der Waals surface area contributed by atoms with Gasteiger partial charge in [-0.1, -0.05) is 23.2 Å². The first-order valence-electron chi connectivity index (χ1n) is 8.56. The lowest BCUT2D eigenvalue weighted by molar-refractivity contribution is 0.0729. The minimum absolute atomic E-state index is 0.213. The van der Waals surface area contributed by atoms with Crippen molar-refractivity contribution in [3.05, 3.63) is 87.7 Å². The third-order valence-corrected chi connectivity index (χ3v) is 4.59. The Kier molecular flexibility index (Phi) is 7.00. The maximum absolute atomic E-state index is 12.4. The van der Waals surface area contributed by atoms with Gasteiger partial charge in [0.15, 0.2) is 11.5 Å². The predicted octanol–water partition coefficient (Wildman–Crippen LogP) is 4.38. The number of pyridine rings is 1. The van der Waals surface area contributed by atoms with Crippen LogP contribution in [0.4, 0.5) is 0 Å². The number of nitrogens with zero attached hydrogens (tertiary/aromatic N) is 2. The van der Waals surface area contributed by atoms with Crippen LogP contribution >= 0.6 is 23.2 Å². The van der Waals surface area contributed by atoms with E-state index in [9.17, 15) is 9.59 Å². The molecule has 0 radical (unpaired) electrons. The number of hydrazone groups is 1. The summed E-state index contributed by atoms with van der Waals surface area (Å²) in [6, 6.07) is 12.5. The summed E-state index contributed by atoms with van der Waals surface area (Å²) in [6.45, 7) is 0. The molecule has 0 saturated carbocycles. The number of hydrogen-bond donors (Lipinski definition) is 1. The average Bonchev–Trinajstić information content (AvgIpc) is 2.77. The van der Waals surface area contributed by atoms with E-state index in [0.717, 1.165) is 0 Å². The number of carbonyl (C=O) groups excluding carboxylic acids is 2. The molecule has 9 heteroatoms. The standard InChI is InChI=1S/C21H15Cl2N3O4/c1-29-19-9-13(11-25-26-20(27)15-3-2-8-24-12-15)4-7-18(19)30-21(28)14-5-6-16(22)17(23)10-14/h2-12H,1H3,(H,26,27). The maximum atomic E-state index is 12.4. The molecule has 0 aliphatic rings. The molecule has 0 aliphatic heterocycles. The monoisotopic (exact) mass is 443 g/mol. The molecular formula is C21H15Cl2N3O4. The first-order chi connectivity index (χ1) is 14.5. The summed E-state index contributed by atoms with van der Waals surface area (Å²) in [5.41, 5.74) is 3.65. The number of rotatable bonds is 6. The lowest BCUT2D eigenvalue weighted by atomic mass is 10.2. The first-order valence-corrected chi connectivity index (χ1v) is 9.32. The number of esters is 1. The van der Waals surface area contributed by atoms with Crippen molar-refractivity contribution < 1.29 is 19.1 Å². The Labute approximate surface area is 182 Å². The quantitative estimate of drug-likeness (QED) is 0.264. The van der Waals surface area contributed by atoms with Crippen LogP contribution in [0.2, 0.25) is 10.0 Å². The first kappa shape index (κ1) is 21.3. The van der Waals surface area contributed by atoms with Gasteiger partial charge in [0.1, 0.15) is 0 Å². The number of ether oxygens (including phenoxy) is 2. The van der Waals surface area contributed by atoms with Crippen molar-refractivity contribution in [3.63, 3.8) is 0 Å². The van der Waals surface area contributed by atoms with E-state index in [1.54, 1.807) is 36.5 Å². The number of aromatic nitrogens is 1. The van der Waals surface area contributed by atoms with Crippen LogP contribution in [0.25, 0.3) is 0 Å². The number of nitrogens with one attached hydrogen (secondary N) is 1. The molecule has 0 unspecified atom stereocenters. The van der Waals surface area contributed by atoms with Crippen molar-refractivity contribution in [3.8, 4) is 11.5 Å². The molecule has 30 heavy (non-hydrogen) atoms. The molecule has 1 amide bonds. The molecule has 152 valence electrons. The second kappa shape index (κ2) is 9.87. The van der Waals surface area contributed by atoms with E-state index in [0.29, 0.717) is 21.9 Å². The van der Waals surface area contributed by atoms with Crippen molar-refractivity contribution in [2.75, 3.05) is 7.11 Å². The molecule has 1 N–H and O–H groups in total. The van der Waals surface area contributed by atoms with Crippen molar-refractivity contribution >= 4 is 41.3 Å². The highest BCUT2D eigenvalue weighted by Crippen LogP contribution is 2.29. The molecule has 0 fully saturated rings. The van der Waals surface area contributed by atoms with Gasteiger partial charge in [-0.3, -0.25) is 9.78 Å². The van der Waals surface area contributed by atoms with Gasteiger partial charge in [0.2, 0.25) is 0 Å². The van der Waals surface area contributed by atoms with Gasteiger partial charge < -0.3 is 9.47 Å². The molecule has 0 spiro atoms. The normalized spacial score (nSPS) is 10.6. The van der Waals surface area contributed by atoms with Gasteiger partial charge in [-0.05, 0) is 54.1 Å². The van der Waals surface area contributed by atoms with E-state index in [1.165, 1.54) is 37.7 Å². The van der Waals surface area contributed by atoms with E-state index in [-0.39, 0.29) is 16.3 Å². The molecule has 2 aromatic carbocycles. The van der Waals surface area contributed by atoms with Crippen molar-refractivity contribution in [2.45, 2.75) is 0 Å². The van der Waals surface area contributed by atoms with E-state index in [2.05, 4.69) is 15.5 Å². The summed E-state index contributed by atoms with van der Waals surface area (Å²) >= 11 is 11.8. The van der Waals surface area contributed by atoms with Crippen molar-refractivity contribution in [1.82, 2.24) is 10.4 Å². The van der Waals surface area contributed by atoms with Gasteiger partial charge in [0.25, 0.3) is 5.91 Å². The van der Waals surface area contributed by atoms with Crippen LogP contribution < -0.4 is 14.9 Å². The summed E-state index contributed by atoms with van der Waals surface area (Å²) in [7, 11) is 1.44. The smallest absolute Gasteiger partial charge is 0.343 e. The minimum atomic E-state index is -0.614. The summed E-state index contributed by atoms with van der Waals surface area (Å²) in [5, 5.41) is 4.49.